The van der Waals surface area contributed by atoms with E-state index < -0.39 is 0 Å². The Morgan fingerprint density at radius 1 is 1.45 bits per heavy atom. The smallest absolute Gasteiger partial charge is 0.268 e. The van der Waals surface area contributed by atoms with Gasteiger partial charge in [0.2, 0.25) is 5.91 Å². The minimum atomic E-state index is -0.227. The predicted octanol–water partition coefficient (Wildman–Crippen LogP) is 1.88. The molecule has 2 amide bonds. The summed E-state index contributed by atoms with van der Waals surface area (Å²) in [5.41, 5.74) is 1.60. The zero-order valence-corrected chi connectivity index (χ0v) is 12.7. The zero-order valence-electron chi connectivity index (χ0n) is 11.9. The molecular formula is C14H19N3O2S. The number of rotatable bonds is 5. The lowest BCUT2D eigenvalue weighted by molar-refractivity contribution is -0.120. The maximum Gasteiger partial charge on any atom is 0.268 e. The fraction of sp³-hybridized carbons (Fsp3) is 0.429. The summed E-state index contributed by atoms with van der Waals surface area (Å²) in [6.07, 6.45) is 0.869. The Bertz CT molecular complexity index is 629. The number of amides is 2. The van der Waals surface area contributed by atoms with Crippen molar-refractivity contribution in [2.45, 2.75) is 26.3 Å². The SMILES string of the molecule is CCC(C)NC(=O)CNC(=O)c1cc2sccc2n1C. The van der Waals surface area contributed by atoms with Gasteiger partial charge in [-0.3, -0.25) is 9.59 Å². The number of carbonyl (C=O) groups is 2. The predicted molar refractivity (Wildman–Crippen MR) is 81.0 cm³/mol. The molecule has 2 heterocycles. The van der Waals surface area contributed by atoms with E-state index in [4.69, 9.17) is 0 Å². The first-order chi connectivity index (χ1) is 9.52. The van der Waals surface area contributed by atoms with E-state index >= 15 is 0 Å². The molecule has 0 spiro atoms. The first-order valence-corrected chi connectivity index (χ1v) is 7.51. The van der Waals surface area contributed by atoms with Gasteiger partial charge in [0.25, 0.3) is 5.91 Å². The first kappa shape index (κ1) is 14.6. The molecule has 0 fully saturated rings. The highest BCUT2D eigenvalue weighted by Crippen LogP contribution is 2.23. The Hall–Kier alpha value is -1.82. The number of hydrogen-bond donors (Lipinski definition) is 2. The highest BCUT2D eigenvalue weighted by Gasteiger charge is 2.15. The van der Waals surface area contributed by atoms with Crippen LogP contribution in [0.25, 0.3) is 10.2 Å². The quantitative estimate of drug-likeness (QED) is 0.884. The molecule has 5 nitrogen and oxygen atoms in total. The molecule has 0 aliphatic carbocycles. The van der Waals surface area contributed by atoms with E-state index in [0.717, 1.165) is 16.6 Å². The van der Waals surface area contributed by atoms with Crippen LogP contribution in [0.5, 0.6) is 0 Å². The lowest BCUT2D eigenvalue weighted by atomic mass is 10.2. The molecule has 0 saturated carbocycles. The van der Waals surface area contributed by atoms with Gasteiger partial charge < -0.3 is 15.2 Å². The maximum absolute atomic E-state index is 12.1. The molecule has 0 aromatic carbocycles. The Labute approximate surface area is 122 Å². The zero-order chi connectivity index (χ0) is 14.7. The van der Waals surface area contributed by atoms with E-state index in [1.165, 1.54) is 0 Å². The molecule has 1 atom stereocenters. The Kier molecular flexibility index (Phi) is 4.44. The van der Waals surface area contributed by atoms with Crippen molar-refractivity contribution in [3.05, 3.63) is 23.2 Å². The van der Waals surface area contributed by atoms with E-state index in [1.54, 1.807) is 11.3 Å². The topological polar surface area (TPSA) is 63.1 Å². The van der Waals surface area contributed by atoms with Crippen molar-refractivity contribution < 1.29 is 9.59 Å². The van der Waals surface area contributed by atoms with Gasteiger partial charge in [-0.05, 0) is 30.9 Å². The summed E-state index contributed by atoms with van der Waals surface area (Å²) in [4.78, 5) is 23.7. The van der Waals surface area contributed by atoms with E-state index in [1.807, 2.05) is 43.0 Å². The van der Waals surface area contributed by atoms with Gasteiger partial charge in [0.05, 0.1) is 16.8 Å². The van der Waals surface area contributed by atoms with Crippen LogP contribution in [-0.2, 0) is 11.8 Å². The number of aryl methyl sites for hydroxylation is 1. The van der Waals surface area contributed by atoms with Crippen molar-refractivity contribution in [3.8, 4) is 0 Å². The summed E-state index contributed by atoms with van der Waals surface area (Å²) in [6, 6.07) is 3.95. The number of thiophene rings is 1. The van der Waals surface area contributed by atoms with Crippen LogP contribution in [0.2, 0.25) is 0 Å². The summed E-state index contributed by atoms with van der Waals surface area (Å²) >= 11 is 1.60. The van der Waals surface area contributed by atoms with Crippen LogP contribution in [0.15, 0.2) is 17.5 Å². The highest BCUT2D eigenvalue weighted by atomic mass is 32.1. The minimum absolute atomic E-state index is 0.00199. The molecule has 1 unspecified atom stereocenters. The average Bonchev–Trinajstić information content (AvgIpc) is 2.99. The Morgan fingerprint density at radius 2 is 2.20 bits per heavy atom. The van der Waals surface area contributed by atoms with Crippen LogP contribution < -0.4 is 10.6 Å². The number of hydrogen-bond acceptors (Lipinski definition) is 3. The fourth-order valence-electron chi connectivity index (χ4n) is 1.95. The number of carbonyl (C=O) groups excluding carboxylic acids is 2. The molecule has 108 valence electrons. The second-order valence-corrected chi connectivity index (χ2v) is 5.77. The molecule has 20 heavy (non-hydrogen) atoms. The lowest BCUT2D eigenvalue weighted by Gasteiger charge is -2.12. The standard InChI is InChI=1S/C14H19N3O2S/c1-4-9(2)16-13(18)8-15-14(19)11-7-12-10(17(11)3)5-6-20-12/h5-7,9H,4,8H2,1-3H3,(H,15,19)(H,16,18). The fourth-order valence-corrected chi connectivity index (χ4v) is 2.80. The summed E-state index contributed by atoms with van der Waals surface area (Å²) in [7, 11) is 1.85. The summed E-state index contributed by atoms with van der Waals surface area (Å²) in [5.74, 6) is -0.390. The summed E-state index contributed by atoms with van der Waals surface area (Å²) in [5, 5.41) is 7.46. The molecule has 2 aromatic rings. The third kappa shape index (κ3) is 3.01. The molecule has 2 rings (SSSR count). The van der Waals surface area contributed by atoms with Gasteiger partial charge in [-0.25, -0.2) is 0 Å². The third-order valence-corrected chi connectivity index (χ3v) is 4.18. The van der Waals surface area contributed by atoms with Crippen molar-refractivity contribution in [2.75, 3.05) is 6.54 Å². The number of nitrogens with zero attached hydrogens (tertiary/aromatic N) is 1. The van der Waals surface area contributed by atoms with Gasteiger partial charge in [0, 0.05) is 13.1 Å². The monoisotopic (exact) mass is 293 g/mol. The third-order valence-electron chi connectivity index (χ3n) is 3.33. The number of fused-ring (bicyclic) bond motifs is 1. The second-order valence-electron chi connectivity index (χ2n) is 4.82. The first-order valence-electron chi connectivity index (χ1n) is 6.63. The van der Waals surface area contributed by atoms with Gasteiger partial charge >= 0.3 is 0 Å². The molecule has 0 radical (unpaired) electrons. The molecule has 2 aromatic heterocycles. The van der Waals surface area contributed by atoms with Crippen LogP contribution in [-0.4, -0.2) is 29.0 Å². The molecule has 2 N–H and O–H groups in total. The van der Waals surface area contributed by atoms with Crippen LogP contribution in [0.4, 0.5) is 0 Å². The second kappa shape index (κ2) is 6.09. The number of nitrogens with one attached hydrogen (secondary N) is 2. The van der Waals surface area contributed by atoms with Crippen molar-refractivity contribution in [3.63, 3.8) is 0 Å². The largest absolute Gasteiger partial charge is 0.352 e. The van der Waals surface area contributed by atoms with Crippen LogP contribution >= 0.6 is 11.3 Å². The average molecular weight is 293 g/mol. The Morgan fingerprint density at radius 3 is 2.85 bits per heavy atom. The Balaban J connectivity index is 1.96. The van der Waals surface area contributed by atoms with Crippen molar-refractivity contribution in [1.82, 2.24) is 15.2 Å². The van der Waals surface area contributed by atoms with Crippen molar-refractivity contribution in [1.29, 1.82) is 0 Å². The molecule has 0 saturated heterocycles. The van der Waals surface area contributed by atoms with Gasteiger partial charge in [0.15, 0.2) is 0 Å². The van der Waals surface area contributed by atoms with Crippen LogP contribution in [0.3, 0.4) is 0 Å². The lowest BCUT2D eigenvalue weighted by Crippen LogP contribution is -2.40. The van der Waals surface area contributed by atoms with Crippen LogP contribution in [0, 0.1) is 0 Å². The van der Waals surface area contributed by atoms with Gasteiger partial charge in [0.1, 0.15) is 5.69 Å². The molecular weight excluding hydrogens is 274 g/mol. The minimum Gasteiger partial charge on any atom is -0.352 e. The maximum atomic E-state index is 12.1. The van der Waals surface area contributed by atoms with Crippen LogP contribution in [0.1, 0.15) is 30.8 Å². The van der Waals surface area contributed by atoms with E-state index in [-0.39, 0.29) is 24.4 Å². The molecule has 0 aliphatic rings. The van der Waals surface area contributed by atoms with Gasteiger partial charge in [-0.1, -0.05) is 6.92 Å². The molecule has 0 bridgehead atoms. The van der Waals surface area contributed by atoms with Crippen molar-refractivity contribution in [2.24, 2.45) is 7.05 Å². The molecule has 6 heteroatoms. The highest BCUT2D eigenvalue weighted by molar-refractivity contribution is 7.17. The molecule has 0 aliphatic heterocycles. The summed E-state index contributed by atoms with van der Waals surface area (Å²) < 4.78 is 2.91. The summed E-state index contributed by atoms with van der Waals surface area (Å²) in [6.45, 7) is 3.94. The number of aromatic nitrogens is 1. The van der Waals surface area contributed by atoms with E-state index in [9.17, 15) is 9.59 Å². The normalized spacial score (nSPS) is 12.3. The van der Waals surface area contributed by atoms with E-state index in [0.29, 0.717) is 5.69 Å². The van der Waals surface area contributed by atoms with E-state index in [2.05, 4.69) is 10.6 Å². The van der Waals surface area contributed by atoms with Gasteiger partial charge in [-0.2, -0.15) is 0 Å². The van der Waals surface area contributed by atoms with Gasteiger partial charge in [-0.15, -0.1) is 11.3 Å². The van der Waals surface area contributed by atoms with Crippen molar-refractivity contribution >= 4 is 33.4 Å².